The fraction of sp³-hybridized carbons (Fsp3) is 0.395. The molecule has 1 unspecified atom stereocenters. The van der Waals surface area contributed by atoms with E-state index in [9.17, 15) is 24.0 Å². The normalized spacial score (nSPS) is 21.4. The molecule has 0 aromatic heterocycles. The van der Waals surface area contributed by atoms with Crippen LogP contribution in [0.5, 0.6) is 0 Å². The molecule has 0 bridgehead atoms. The number of ether oxygens (including phenoxy) is 5. The molecule has 5 atom stereocenters. The highest BCUT2D eigenvalue weighted by molar-refractivity contribution is 5.84. The first kappa shape index (κ1) is 40.8. The van der Waals surface area contributed by atoms with Gasteiger partial charge in [-0.05, 0) is 29.5 Å². The third-order valence-electron chi connectivity index (χ3n) is 8.31. The van der Waals surface area contributed by atoms with E-state index in [1.807, 2.05) is 60.7 Å². The summed E-state index contributed by atoms with van der Waals surface area (Å²) in [5.41, 5.74) is 2.55. The Kier molecular flexibility index (Phi) is 17.0. The Labute approximate surface area is 294 Å². The summed E-state index contributed by atoms with van der Waals surface area (Å²) in [4.78, 5) is 63.4. The van der Waals surface area contributed by atoms with E-state index >= 15 is 0 Å². The fourth-order valence-electron chi connectivity index (χ4n) is 5.96. The van der Waals surface area contributed by atoms with Gasteiger partial charge in [0, 0.05) is 30.8 Å². The van der Waals surface area contributed by atoms with Crippen LogP contribution >= 0.6 is 0 Å². The van der Waals surface area contributed by atoms with Crippen LogP contribution in [0.25, 0.3) is 0 Å². The van der Waals surface area contributed by atoms with Gasteiger partial charge < -0.3 is 28.5 Å². The van der Waals surface area contributed by atoms with Crippen LogP contribution in [0.2, 0.25) is 0 Å². The lowest BCUT2D eigenvalue weighted by Gasteiger charge is -2.25. The van der Waals surface area contributed by atoms with E-state index in [0.717, 1.165) is 23.0 Å². The Morgan fingerprint density at radius 2 is 1.26 bits per heavy atom. The molecular weight excluding hydrogens is 644 g/mol. The smallest absolute Gasteiger partial charge is 0.411 e. The van der Waals surface area contributed by atoms with Crippen molar-refractivity contribution in [2.45, 2.75) is 45.6 Å². The summed E-state index contributed by atoms with van der Waals surface area (Å²) in [5.74, 6) is -2.08. The van der Waals surface area contributed by atoms with Crippen molar-refractivity contribution in [2.24, 2.45) is 17.8 Å². The number of esters is 2. The van der Waals surface area contributed by atoms with Crippen molar-refractivity contribution < 1.29 is 47.7 Å². The van der Waals surface area contributed by atoms with Gasteiger partial charge in [-0.25, -0.2) is 19.2 Å². The van der Waals surface area contributed by atoms with Crippen molar-refractivity contribution in [2.75, 3.05) is 34.4 Å². The summed E-state index contributed by atoms with van der Waals surface area (Å²) in [6.07, 6.45) is 5.45. The second-order valence-electron chi connectivity index (χ2n) is 11.3. The Morgan fingerprint density at radius 1 is 0.760 bits per heavy atom. The van der Waals surface area contributed by atoms with Gasteiger partial charge in [0.2, 0.25) is 0 Å². The molecular formula is C38H48N2O10. The van der Waals surface area contributed by atoms with Gasteiger partial charge in [0.05, 0.1) is 27.6 Å². The van der Waals surface area contributed by atoms with Crippen LogP contribution in [-0.2, 0) is 51.3 Å². The maximum atomic E-state index is 12.6. The van der Waals surface area contributed by atoms with E-state index in [2.05, 4.69) is 13.2 Å². The average molecular weight is 693 g/mol. The highest BCUT2D eigenvalue weighted by atomic mass is 16.6. The number of amides is 2. The quantitative estimate of drug-likeness (QED) is 0.0892. The van der Waals surface area contributed by atoms with Crippen LogP contribution in [0.1, 0.15) is 31.4 Å². The molecule has 2 saturated heterocycles. The molecule has 0 N–H and O–H groups in total. The first-order valence-electron chi connectivity index (χ1n) is 15.7. The van der Waals surface area contributed by atoms with Gasteiger partial charge in [-0.15, -0.1) is 13.2 Å². The van der Waals surface area contributed by atoms with Crippen LogP contribution in [0.15, 0.2) is 97.8 Å². The molecule has 12 nitrogen and oxygen atoms in total. The maximum Gasteiger partial charge on any atom is 0.411 e. The topological polar surface area (TPSA) is 138 Å². The van der Waals surface area contributed by atoms with Crippen LogP contribution < -0.4 is 0 Å². The molecule has 4 rings (SSSR count). The lowest BCUT2D eigenvalue weighted by Crippen LogP contribution is -2.44. The van der Waals surface area contributed by atoms with Crippen LogP contribution in [0, 0.1) is 17.8 Å². The number of hydrogen-bond acceptors (Lipinski definition) is 10. The largest absolute Gasteiger partial charge is 0.504 e. The van der Waals surface area contributed by atoms with Crippen LogP contribution in [0.4, 0.5) is 9.59 Å². The molecule has 2 amide bonds. The van der Waals surface area contributed by atoms with Gasteiger partial charge in [-0.1, -0.05) is 80.2 Å². The summed E-state index contributed by atoms with van der Waals surface area (Å²) in [6.45, 7) is 8.01. The zero-order valence-corrected chi connectivity index (χ0v) is 28.1. The molecule has 2 fully saturated rings. The van der Waals surface area contributed by atoms with Crippen molar-refractivity contribution >= 4 is 30.4 Å². The van der Waals surface area contributed by atoms with Gasteiger partial charge in [-0.3, -0.25) is 9.80 Å². The monoisotopic (exact) mass is 692 g/mol. The maximum absolute atomic E-state index is 12.6. The number of carbonyl (C=O) groups excluding carboxylic acids is 5. The first-order valence-corrected chi connectivity index (χ1v) is 15.7. The molecule has 2 aromatic carbocycles. The number of aldehydes is 1. The van der Waals surface area contributed by atoms with Gasteiger partial charge in [0.25, 0.3) is 0 Å². The number of benzene rings is 2. The minimum absolute atomic E-state index is 0. The zero-order valence-electron chi connectivity index (χ0n) is 28.1. The average Bonchev–Trinajstić information content (AvgIpc) is 3.68. The summed E-state index contributed by atoms with van der Waals surface area (Å²) < 4.78 is 25.5. The highest BCUT2D eigenvalue weighted by Gasteiger charge is 2.49. The highest BCUT2D eigenvalue weighted by Crippen LogP contribution is 2.35. The number of methoxy groups -OCH3 is 3. The zero-order chi connectivity index (χ0) is 35.8. The second kappa shape index (κ2) is 20.9. The van der Waals surface area contributed by atoms with Crippen LogP contribution in [0.3, 0.4) is 0 Å². The minimum Gasteiger partial charge on any atom is -0.504 e. The Morgan fingerprint density at radius 3 is 1.72 bits per heavy atom. The van der Waals surface area contributed by atoms with Crippen molar-refractivity contribution in [1.29, 1.82) is 0 Å². The lowest BCUT2D eigenvalue weighted by molar-refractivity contribution is -0.147. The molecule has 0 spiro atoms. The number of likely N-dealkylation sites (tertiary alicyclic amines) is 2. The molecule has 50 heavy (non-hydrogen) atoms. The molecule has 0 radical (unpaired) electrons. The van der Waals surface area contributed by atoms with E-state index in [1.165, 1.54) is 31.1 Å². The predicted molar refractivity (Wildman–Crippen MR) is 186 cm³/mol. The summed E-state index contributed by atoms with van der Waals surface area (Å²) in [6, 6.07) is 17.0. The second-order valence-corrected chi connectivity index (χ2v) is 11.3. The Bertz CT molecular complexity index is 1460. The molecule has 270 valence electrons. The number of allylic oxidation sites excluding steroid dienone is 2. The third-order valence-corrected chi connectivity index (χ3v) is 8.31. The molecule has 2 aliphatic heterocycles. The van der Waals surface area contributed by atoms with Crippen LogP contribution in [-0.4, -0.2) is 86.7 Å². The van der Waals surface area contributed by atoms with Gasteiger partial charge >= 0.3 is 24.1 Å². The van der Waals surface area contributed by atoms with E-state index in [1.54, 1.807) is 18.4 Å². The van der Waals surface area contributed by atoms with Crippen molar-refractivity contribution in [3.8, 4) is 0 Å². The van der Waals surface area contributed by atoms with Crippen molar-refractivity contribution in [1.82, 2.24) is 9.80 Å². The van der Waals surface area contributed by atoms with E-state index < -0.39 is 42.1 Å². The Hall–Kier alpha value is -5.39. The Balaban J connectivity index is 0.000000340. The summed E-state index contributed by atoms with van der Waals surface area (Å²) in [7, 11) is 4.09. The summed E-state index contributed by atoms with van der Waals surface area (Å²) >= 11 is 0. The van der Waals surface area contributed by atoms with Gasteiger partial charge in [0.1, 0.15) is 31.6 Å². The molecule has 2 heterocycles. The minimum atomic E-state index is -0.841. The van der Waals surface area contributed by atoms with Crippen molar-refractivity contribution in [3.05, 3.63) is 109 Å². The SMILES string of the molecule is C.C=CC[C@@H]1/C(=C/OC)CN(C(=O)OCc2ccccc2)[C@@H]1C(=O)OC.C=CC[C@@H]1C(C=O)CN(C(=O)OCc2ccccc2)[C@@H]1C(=O)OC. The predicted octanol–water partition coefficient (Wildman–Crippen LogP) is 5.73. The molecule has 0 aliphatic carbocycles. The lowest BCUT2D eigenvalue weighted by atomic mass is 9.88. The molecule has 0 saturated carbocycles. The third kappa shape index (κ3) is 10.6. The molecule has 12 heteroatoms. The van der Waals surface area contributed by atoms with E-state index in [-0.39, 0.29) is 45.6 Å². The molecule has 2 aliphatic rings. The fourth-order valence-corrected chi connectivity index (χ4v) is 5.96. The number of carbonyl (C=O) groups is 5. The van der Waals surface area contributed by atoms with Gasteiger partial charge in [0.15, 0.2) is 0 Å². The number of hydrogen-bond donors (Lipinski definition) is 0. The van der Waals surface area contributed by atoms with Gasteiger partial charge in [-0.2, -0.15) is 0 Å². The number of nitrogens with zero attached hydrogens (tertiary/aromatic N) is 2. The van der Waals surface area contributed by atoms with E-state index in [0.29, 0.717) is 12.8 Å². The summed E-state index contributed by atoms with van der Waals surface area (Å²) in [5, 5.41) is 0. The molecule has 2 aromatic rings. The van der Waals surface area contributed by atoms with Crippen molar-refractivity contribution in [3.63, 3.8) is 0 Å². The number of rotatable bonds is 12. The standard InChI is InChI=1S/C19H23NO5.C18H21NO5.CH4/c1-4-8-16-15(13-23-2)11-20(17(16)18(21)24-3)19(22)25-12-14-9-6-5-7-10-14;1-3-7-15-14(11-20)10-19(16(15)17(21)23-2)18(22)24-12-13-8-5-4-6-9-13;/h4-7,9-10,13,16-17H,1,8,11-12H2,2-3H3;3-6,8-9,11,14-16H,1,7,10,12H2,2H3;1H4/b15-13+;;/t16-,17+;14?,15-,16+;/m11./s1. The first-order chi connectivity index (χ1) is 23.7. The van der Waals surface area contributed by atoms with E-state index in [4.69, 9.17) is 23.7 Å².